The zero-order valence-electron chi connectivity index (χ0n) is 15.7. The van der Waals surface area contributed by atoms with Gasteiger partial charge in [0.2, 0.25) is 5.91 Å². The van der Waals surface area contributed by atoms with Gasteiger partial charge in [-0.2, -0.15) is 0 Å². The molecule has 0 bridgehead atoms. The average molecular weight is 445 g/mol. The van der Waals surface area contributed by atoms with Gasteiger partial charge >= 0.3 is 0 Å². The van der Waals surface area contributed by atoms with E-state index in [-0.39, 0.29) is 11.7 Å². The second-order valence-corrected chi connectivity index (χ2v) is 8.31. The molecular weight excluding hydrogens is 424 g/mol. The summed E-state index contributed by atoms with van der Waals surface area (Å²) in [5.74, 6) is 0.992. The number of amides is 1. The molecule has 140 valence electrons. The minimum Gasteiger partial charge on any atom is -0.325 e. The molecule has 0 aliphatic rings. The maximum absolute atomic E-state index is 12.5. The monoisotopic (exact) mass is 444 g/mol. The zero-order chi connectivity index (χ0) is 19.6. The van der Waals surface area contributed by atoms with E-state index in [1.54, 1.807) is 0 Å². The molecule has 0 aliphatic heterocycles. The molecule has 2 aromatic carbocycles. The molecule has 0 saturated carbocycles. The Morgan fingerprint density at radius 2 is 1.81 bits per heavy atom. The number of aromatic nitrogens is 3. The summed E-state index contributed by atoms with van der Waals surface area (Å²) in [6, 6.07) is 12.1. The standard InChI is InChI=1S/C20H21BrN4OS/c1-12-6-5-7-17(8-12)25-15(4)23-24-20(25)27-11-18(26)22-19-13(2)9-16(21)10-14(19)3/h5-10H,11H2,1-4H3,(H,22,26). The molecule has 0 aliphatic carbocycles. The van der Waals surface area contributed by atoms with E-state index >= 15 is 0 Å². The summed E-state index contributed by atoms with van der Waals surface area (Å²) in [7, 11) is 0. The van der Waals surface area contributed by atoms with E-state index < -0.39 is 0 Å². The fourth-order valence-electron chi connectivity index (χ4n) is 2.91. The number of aryl methyl sites for hydroxylation is 4. The van der Waals surface area contributed by atoms with Crippen molar-refractivity contribution in [2.75, 3.05) is 11.1 Å². The van der Waals surface area contributed by atoms with Gasteiger partial charge in [0, 0.05) is 15.8 Å². The summed E-state index contributed by atoms with van der Waals surface area (Å²) in [6.45, 7) is 7.93. The van der Waals surface area contributed by atoms with Crippen molar-refractivity contribution in [1.82, 2.24) is 14.8 Å². The molecule has 3 aromatic rings. The highest BCUT2D eigenvalue weighted by atomic mass is 79.9. The molecule has 27 heavy (non-hydrogen) atoms. The van der Waals surface area contributed by atoms with E-state index in [4.69, 9.17) is 0 Å². The van der Waals surface area contributed by atoms with E-state index in [2.05, 4.69) is 37.5 Å². The lowest BCUT2D eigenvalue weighted by Gasteiger charge is -2.12. The number of nitrogens with zero attached hydrogens (tertiary/aromatic N) is 3. The third-order valence-electron chi connectivity index (χ3n) is 4.15. The van der Waals surface area contributed by atoms with Gasteiger partial charge < -0.3 is 5.32 Å². The molecule has 1 heterocycles. The minimum absolute atomic E-state index is 0.0648. The molecule has 0 fully saturated rings. The quantitative estimate of drug-likeness (QED) is 0.562. The third kappa shape index (κ3) is 4.59. The molecule has 1 aromatic heterocycles. The van der Waals surface area contributed by atoms with E-state index in [9.17, 15) is 4.79 Å². The first kappa shape index (κ1) is 19.6. The average Bonchev–Trinajstić information content (AvgIpc) is 2.97. The van der Waals surface area contributed by atoms with Crippen LogP contribution in [0.3, 0.4) is 0 Å². The van der Waals surface area contributed by atoms with E-state index in [1.807, 2.05) is 62.6 Å². The fraction of sp³-hybridized carbons (Fsp3) is 0.250. The van der Waals surface area contributed by atoms with Crippen LogP contribution >= 0.6 is 27.7 Å². The highest BCUT2D eigenvalue weighted by molar-refractivity contribution is 9.10. The summed E-state index contributed by atoms with van der Waals surface area (Å²) in [4.78, 5) is 12.5. The van der Waals surface area contributed by atoms with Gasteiger partial charge in [0.25, 0.3) is 0 Å². The number of halogens is 1. The molecular formula is C20H21BrN4OS. The lowest BCUT2D eigenvalue weighted by Crippen LogP contribution is -2.16. The number of carbonyl (C=O) groups is 1. The molecule has 3 rings (SSSR count). The lowest BCUT2D eigenvalue weighted by molar-refractivity contribution is -0.113. The van der Waals surface area contributed by atoms with E-state index in [1.165, 1.54) is 11.8 Å². The van der Waals surface area contributed by atoms with Crippen LogP contribution in [0.1, 0.15) is 22.5 Å². The fourth-order valence-corrected chi connectivity index (χ4v) is 4.40. The summed E-state index contributed by atoms with van der Waals surface area (Å²) >= 11 is 4.86. The number of carbonyl (C=O) groups excluding carboxylic acids is 1. The van der Waals surface area contributed by atoms with Gasteiger partial charge in [0.15, 0.2) is 5.16 Å². The zero-order valence-corrected chi connectivity index (χ0v) is 18.1. The molecule has 0 spiro atoms. The number of rotatable bonds is 5. The van der Waals surface area contributed by atoms with Crippen LogP contribution in [0.4, 0.5) is 5.69 Å². The van der Waals surface area contributed by atoms with Crippen LogP contribution in [0.2, 0.25) is 0 Å². The second-order valence-electron chi connectivity index (χ2n) is 6.46. The Morgan fingerprint density at radius 3 is 2.48 bits per heavy atom. The van der Waals surface area contributed by atoms with Crippen molar-refractivity contribution in [1.29, 1.82) is 0 Å². The predicted octanol–water partition coefficient (Wildman–Crippen LogP) is 4.99. The number of hydrogen-bond donors (Lipinski definition) is 1. The number of nitrogens with one attached hydrogen (secondary N) is 1. The number of benzene rings is 2. The van der Waals surface area contributed by atoms with Gasteiger partial charge in [-0.25, -0.2) is 0 Å². The van der Waals surface area contributed by atoms with Crippen molar-refractivity contribution in [3.63, 3.8) is 0 Å². The van der Waals surface area contributed by atoms with Gasteiger partial charge in [0.1, 0.15) is 5.82 Å². The summed E-state index contributed by atoms with van der Waals surface area (Å²) in [6.07, 6.45) is 0. The minimum atomic E-state index is -0.0648. The molecule has 1 amide bonds. The van der Waals surface area contributed by atoms with Crippen molar-refractivity contribution in [2.24, 2.45) is 0 Å². The highest BCUT2D eigenvalue weighted by Gasteiger charge is 2.15. The Labute approximate surface area is 171 Å². The Morgan fingerprint density at radius 1 is 1.11 bits per heavy atom. The van der Waals surface area contributed by atoms with Gasteiger partial charge in [-0.1, -0.05) is 39.8 Å². The largest absolute Gasteiger partial charge is 0.325 e. The predicted molar refractivity (Wildman–Crippen MR) is 114 cm³/mol. The number of hydrogen-bond acceptors (Lipinski definition) is 4. The first-order chi connectivity index (χ1) is 12.8. The Kier molecular flexibility index (Phi) is 6.01. The van der Waals surface area contributed by atoms with Crippen LogP contribution in [-0.2, 0) is 4.79 Å². The SMILES string of the molecule is Cc1cccc(-n2c(C)nnc2SCC(=O)Nc2c(C)cc(Br)cc2C)c1. The van der Waals surface area contributed by atoms with Crippen molar-refractivity contribution in [3.8, 4) is 5.69 Å². The topological polar surface area (TPSA) is 59.8 Å². The highest BCUT2D eigenvalue weighted by Crippen LogP contribution is 2.26. The van der Waals surface area contributed by atoms with Crippen LogP contribution in [0.25, 0.3) is 5.69 Å². The van der Waals surface area contributed by atoms with Crippen molar-refractivity contribution >= 4 is 39.3 Å². The third-order valence-corrected chi connectivity index (χ3v) is 5.54. The molecule has 0 atom stereocenters. The molecule has 0 radical (unpaired) electrons. The first-order valence-electron chi connectivity index (χ1n) is 8.53. The molecule has 5 nitrogen and oxygen atoms in total. The van der Waals surface area contributed by atoms with Crippen LogP contribution < -0.4 is 5.32 Å². The summed E-state index contributed by atoms with van der Waals surface area (Å²) in [5.41, 5.74) is 5.08. The van der Waals surface area contributed by atoms with Crippen molar-refractivity contribution < 1.29 is 4.79 Å². The van der Waals surface area contributed by atoms with Crippen molar-refractivity contribution in [3.05, 3.63) is 63.4 Å². The summed E-state index contributed by atoms with van der Waals surface area (Å²) < 4.78 is 2.98. The molecule has 7 heteroatoms. The first-order valence-corrected chi connectivity index (χ1v) is 10.3. The van der Waals surface area contributed by atoms with Crippen LogP contribution in [0, 0.1) is 27.7 Å². The van der Waals surface area contributed by atoms with Gasteiger partial charge in [-0.05, 0) is 68.7 Å². The number of thioether (sulfide) groups is 1. The van der Waals surface area contributed by atoms with Gasteiger partial charge in [-0.15, -0.1) is 10.2 Å². The maximum Gasteiger partial charge on any atom is 0.234 e. The maximum atomic E-state index is 12.5. The van der Waals surface area contributed by atoms with Crippen LogP contribution in [0.5, 0.6) is 0 Å². The Bertz CT molecular complexity index is 976. The normalized spacial score (nSPS) is 10.9. The van der Waals surface area contributed by atoms with Gasteiger partial charge in [0.05, 0.1) is 5.75 Å². The Balaban J connectivity index is 1.74. The lowest BCUT2D eigenvalue weighted by atomic mass is 10.1. The van der Waals surface area contributed by atoms with E-state index in [0.29, 0.717) is 5.16 Å². The second kappa shape index (κ2) is 8.27. The van der Waals surface area contributed by atoms with Crippen LogP contribution in [-0.4, -0.2) is 26.4 Å². The Hall–Kier alpha value is -2.12. The smallest absolute Gasteiger partial charge is 0.234 e. The van der Waals surface area contributed by atoms with Crippen molar-refractivity contribution in [2.45, 2.75) is 32.9 Å². The molecule has 1 N–H and O–H groups in total. The van der Waals surface area contributed by atoms with Gasteiger partial charge in [-0.3, -0.25) is 9.36 Å². The number of anilines is 1. The van der Waals surface area contributed by atoms with Crippen LogP contribution in [0.15, 0.2) is 46.0 Å². The molecule has 0 unspecified atom stereocenters. The molecule has 0 saturated heterocycles. The summed E-state index contributed by atoms with van der Waals surface area (Å²) in [5, 5.41) is 12.1. The van der Waals surface area contributed by atoms with E-state index in [0.717, 1.165) is 38.4 Å².